The van der Waals surface area contributed by atoms with E-state index in [0.717, 1.165) is 6.42 Å². The highest BCUT2D eigenvalue weighted by Gasteiger charge is 2.13. The van der Waals surface area contributed by atoms with Gasteiger partial charge in [-0.3, -0.25) is 9.78 Å². The number of nitrogens with one attached hydrogen (secondary N) is 3. The first kappa shape index (κ1) is 15.5. The third-order valence-electron chi connectivity index (χ3n) is 2.87. The number of anilines is 2. The average molecular weight is 298 g/mol. The lowest BCUT2D eigenvalue weighted by Gasteiger charge is -2.11. The zero-order valence-electron chi connectivity index (χ0n) is 12.3. The molecular weight excluding hydrogens is 280 g/mol. The lowest BCUT2D eigenvalue weighted by atomic mass is 10.1. The monoisotopic (exact) mass is 298 g/mol. The summed E-state index contributed by atoms with van der Waals surface area (Å²) in [5.74, 6) is -0.306. The lowest BCUT2D eigenvalue weighted by Crippen LogP contribution is -2.30. The predicted molar refractivity (Wildman–Crippen MR) is 85.9 cm³/mol. The second-order valence-corrected chi connectivity index (χ2v) is 4.62. The van der Waals surface area contributed by atoms with Crippen LogP contribution in [0.4, 0.5) is 16.2 Å². The molecule has 0 atom stereocenters. The third kappa shape index (κ3) is 4.31. The summed E-state index contributed by atoms with van der Waals surface area (Å²) >= 11 is 0. The zero-order chi connectivity index (χ0) is 15.8. The zero-order valence-corrected chi connectivity index (χ0v) is 12.3. The molecule has 0 radical (unpaired) electrons. The highest BCUT2D eigenvalue weighted by molar-refractivity contribution is 6.09. The van der Waals surface area contributed by atoms with Gasteiger partial charge in [0.05, 0.1) is 23.1 Å². The molecule has 1 heterocycles. The molecule has 2 aromatic rings. The topological polar surface area (TPSA) is 83.1 Å². The molecule has 0 bridgehead atoms. The van der Waals surface area contributed by atoms with Gasteiger partial charge < -0.3 is 16.0 Å². The van der Waals surface area contributed by atoms with Crippen molar-refractivity contribution in [1.82, 2.24) is 10.3 Å². The van der Waals surface area contributed by atoms with E-state index in [4.69, 9.17) is 0 Å². The summed E-state index contributed by atoms with van der Waals surface area (Å²) in [6, 6.07) is 9.99. The van der Waals surface area contributed by atoms with Crippen molar-refractivity contribution in [2.45, 2.75) is 13.3 Å². The van der Waals surface area contributed by atoms with Gasteiger partial charge in [0.2, 0.25) is 0 Å². The number of amides is 3. The van der Waals surface area contributed by atoms with Crippen LogP contribution in [-0.4, -0.2) is 23.5 Å². The van der Waals surface area contributed by atoms with E-state index in [1.807, 2.05) is 6.92 Å². The molecule has 6 nitrogen and oxygen atoms in total. The molecule has 0 saturated carbocycles. The Morgan fingerprint density at radius 2 is 1.91 bits per heavy atom. The number of hydrogen-bond acceptors (Lipinski definition) is 3. The summed E-state index contributed by atoms with van der Waals surface area (Å²) in [4.78, 5) is 28.0. The fourth-order valence-electron chi connectivity index (χ4n) is 1.83. The molecular formula is C16H18N4O2. The molecule has 0 aliphatic carbocycles. The summed E-state index contributed by atoms with van der Waals surface area (Å²) in [5.41, 5.74) is 1.44. The fourth-order valence-corrected chi connectivity index (χ4v) is 1.83. The van der Waals surface area contributed by atoms with E-state index in [1.54, 1.807) is 48.8 Å². The molecule has 0 unspecified atom stereocenters. The summed E-state index contributed by atoms with van der Waals surface area (Å²) in [5, 5.41) is 8.13. The highest BCUT2D eigenvalue weighted by Crippen LogP contribution is 2.17. The van der Waals surface area contributed by atoms with Crippen LogP contribution in [0.1, 0.15) is 23.7 Å². The molecule has 0 spiro atoms. The Labute approximate surface area is 129 Å². The smallest absolute Gasteiger partial charge is 0.319 e. The number of hydrogen-bond donors (Lipinski definition) is 3. The number of pyridine rings is 1. The van der Waals surface area contributed by atoms with Crippen molar-refractivity contribution in [2.24, 2.45) is 0 Å². The van der Waals surface area contributed by atoms with Crippen LogP contribution in [0.15, 0.2) is 48.8 Å². The number of aromatic nitrogens is 1. The Morgan fingerprint density at radius 3 is 2.64 bits per heavy atom. The largest absolute Gasteiger partial charge is 0.338 e. The Bertz CT molecular complexity index is 644. The van der Waals surface area contributed by atoms with Crippen molar-refractivity contribution in [1.29, 1.82) is 0 Å². The fraction of sp³-hybridized carbons (Fsp3) is 0.188. The van der Waals surface area contributed by atoms with Gasteiger partial charge in [-0.1, -0.05) is 19.1 Å². The van der Waals surface area contributed by atoms with Crippen molar-refractivity contribution in [3.63, 3.8) is 0 Å². The second kappa shape index (κ2) is 7.78. The van der Waals surface area contributed by atoms with Gasteiger partial charge in [-0.05, 0) is 30.7 Å². The number of urea groups is 1. The van der Waals surface area contributed by atoms with Gasteiger partial charge in [0.1, 0.15) is 0 Å². The third-order valence-corrected chi connectivity index (χ3v) is 2.87. The molecule has 22 heavy (non-hydrogen) atoms. The first-order valence-electron chi connectivity index (χ1n) is 7.06. The minimum atomic E-state index is -0.330. The van der Waals surface area contributed by atoms with Gasteiger partial charge in [0, 0.05) is 12.7 Å². The maximum absolute atomic E-state index is 12.3. The van der Waals surface area contributed by atoms with E-state index >= 15 is 0 Å². The molecule has 3 amide bonds. The van der Waals surface area contributed by atoms with Crippen molar-refractivity contribution < 1.29 is 9.59 Å². The van der Waals surface area contributed by atoms with Gasteiger partial charge in [-0.15, -0.1) is 0 Å². The lowest BCUT2D eigenvalue weighted by molar-refractivity contribution is 0.102. The SMILES string of the molecule is CCCNC(=O)Nc1ccccc1C(=O)Nc1cccnc1. The normalized spacial score (nSPS) is 9.86. The van der Waals surface area contributed by atoms with E-state index in [-0.39, 0.29) is 11.9 Å². The van der Waals surface area contributed by atoms with Gasteiger partial charge in [0.25, 0.3) is 5.91 Å². The van der Waals surface area contributed by atoms with Gasteiger partial charge in [-0.2, -0.15) is 0 Å². The standard InChI is InChI=1S/C16H18N4O2/c1-2-9-18-16(22)20-14-8-4-3-7-13(14)15(21)19-12-6-5-10-17-11-12/h3-8,10-11H,2,9H2,1H3,(H,19,21)(H2,18,20,22). The van der Waals surface area contributed by atoms with Crippen LogP contribution in [-0.2, 0) is 0 Å². The Balaban J connectivity index is 2.10. The Hall–Kier alpha value is -2.89. The van der Waals surface area contributed by atoms with Crippen LogP contribution in [0.3, 0.4) is 0 Å². The van der Waals surface area contributed by atoms with E-state index < -0.39 is 0 Å². The van der Waals surface area contributed by atoms with Gasteiger partial charge >= 0.3 is 6.03 Å². The van der Waals surface area contributed by atoms with Crippen molar-refractivity contribution >= 4 is 23.3 Å². The molecule has 114 valence electrons. The van der Waals surface area contributed by atoms with E-state index in [1.165, 1.54) is 0 Å². The van der Waals surface area contributed by atoms with Crippen molar-refractivity contribution in [3.05, 3.63) is 54.4 Å². The molecule has 0 saturated heterocycles. The summed E-state index contributed by atoms with van der Waals surface area (Å²) in [7, 11) is 0. The van der Waals surface area contributed by atoms with Crippen LogP contribution in [0.25, 0.3) is 0 Å². The number of nitrogens with zero attached hydrogens (tertiary/aromatic N) is 1. The van der Waals surface area contributed by atoms with Gasteiger partial charge in [-0.25, -0.2) is 4.79 Å². The molecule has 0 aliphatic rings. The molecule has 3 N–H and O–H groups in total. The van der Waals surface area contributed by atoms with Gasteiger partial charge in [0.15, 0.2) is 0 Å². The quantitative estimate of drug-likeness (QED) is 0.793. The number of carbonyl (C=O) groups excluding carboxylic acids is 2. The molecule has 6 heteroatoms. The molecule has 2 rings (SSSR count). The minimum absolute atomic E-state index is 0.306. The molecule has 1 aromatic heterocycles. The number of carbonyl (C=O) groups is 2. The summed E-state index contributed by atoms with van der Waals surface area (Å²) in [6.45, 7) is 2.55. The number of para-hydroxylation sites is 1. The summed E-state index contributed by atoms with van der Waals surface area (Å²) in [6.07, 6.45) is 4.03. The average Bonchev–Trinajstić information content (AvgIpc) is 2.54. The second-order valence-electron chi connectivity index (χ2n) is 4.62. The maximum atomic E-state index is 12.3. The Morgan fingerprint density at radius 1 is 1.09 bits per heavy atom. The first-order chi connectivity index (χ1) is 10.7. The van der Waals surface area contributed by atoms with E-state index in [2.05, 4.69) is 20.9 Å². The van der Waals surface area contributed by atoms with Crippen molar-refractivity contribution in [2.75, 3.05) is 17.2 Å². The maximum Gasteiger partial charge on any atom is 0.319 e. The number of benzene rings is 1. The highest BCUT2D eigenvalue weighted by atomic mass is 16.2. The molecule has 0 fully saturated rings. The minimum Gasteiger partial charge on any atom is -0.338 e. The van der Waals surface area contributed by atoms with Crippen LogP contribution in [0.5, 0.6) is 0 Å². The molecule has 1 aromatic carbocycles. The number of rotatable bonds is 5. The van der Waals surface area contributed by atoms with Crippen LogP contribution in [0, 0.1) is 0 Å². The molecule has 0 aliphatic heterocycles. The van der Waals surface area contributed by atoms with Crippen LogP contribution >= 0.6 is 0 Å². The van der Waals surface area contributed by atoms with Crippen LogP contribution in [0.2, 0.25) is 0 Å². The predicted octanol–water partition coefficient (Wildman–Crippen LogP) is 2.87. The van der Waals surface area contributed by atoms with E-state index in [0.29, 0.717) is 23.5 Å². The van der Waals surface area contributed by atoms with Crippen molar-refractivity contribution in [3.8, 4) is 0 Å². The van der Waals surface area contributed by atoms with Crippen LogP contribution < -0.4 is 16.0 Å². The first-order valence-corrected chi connectivity index (χ1v) is 7.06. The summed E-state index contributed by atoms with van der Waals surface area (Å²) < 4.78 is 0. The Kier molecular flexibility index (Phi) is 5.48. The van der Waals surface area contributed by atoms with E-state index in [9.17, 15) is 9.59 Å².